The molecule has 0 saturated heterocycles. The number of aromatic amines is 1. The van der Waals surface area contributed by atoms with Crippen LogP contribution >= 0.6 is 44.3 Å². The zero-order valence-electron chi connectivity index (χ0n) is 28.7. The lowest BCUT2D eigenvalue weighted by molar-refractivity contribution is 0.0944. The van der Waals surface area contributed by atoms with Crippen LogP contribution in [-0.4, -0.2) is 78.4 Å². The molecule has 0 atom stereocenters. The lowest BCUT2D eigenvalue weighted by atomic mass is 10.2. The molecule has 0 bridgehead atoms. The first-order valence-corrected chi connectivity index (χ1v) is 18.1. The van der Waals surface area contributed by atoms with Gasteiger partial charge in [0.15, 0.2) is 0 Å². The van der Waals surface area contributed by atoms with Crippen LogP contribution in [0.5, 0.6) is 0 Å². The number of anilines is 4. The summed E-state index contributed by atoms with van der Waals surface area (Å²) in [5.74, 6) is -1.62. The van der Waals surface area contributed by atoms with Crippen LogP contribution in [0, 0.1) is 5.41 Å². The fraction of sp³-hybridized carbons (Fsp3) is 0.265. The molecule has 0 saturated carbocycles. The number of aromatic nitrogens is 4. The Labute approximate surface area is 322 Å². The monoisotopic (exact) mass is 859 g/mol. The Morgan fingerprint density at radius 3 is 1.71 bits per heavy atom. The number of H-pyrrole nitrogens is 1. The van der Waals surface area contributed by atoms with Crippen molar-refractivity contribution in [2.45, 2.75) is 6.42 Å². The number of benzene rings is 1. The van der Waals surface area contributed by atoms with Gasteiger partial charge in [-0.3, -0.25) is 24.6 Å². The lowest BCUT2D eigenvalue weighted by Gasteiger charge is -2.23. The Balaban J connectivity index is 0.00000605. The number of halogens is 3. The highest BCUT2D eigenvalue weighted by Gasteiger charge is 2.20. The SMILES string of the molecule is Cl.Cn1cc(NC(=O)c2cc(NC(=O)c3cc(NC(=O)c4cc5cc(N(CCBr)CCBr)ccc5[nH]4)cn3C)cn2C)cc1C(=O)NCCC(=N)N. The number of amides is 4. The van der Waals surface area contributed by atoms with Crippen molar-refractivity contribution in [3.05, 3.63) is 83.8 Å². The molecular weight excluding hydrogens is 822 g/mol. The molecule has 4 heterocycles. The predicted molar refractivity (Wildman–Crippen MR) is 214 cm³/mol. The van der Waals surface area contributed by atoms with E-state index in [0.29, 0.717) is 34.1 Å². The number of carbonyl (C=O) groups is 4. The van der Waals surface area contributed by atoms with Crippen molar-refractivity contribution >= 4 is 107 Å². The number of nitrogens with zero attached hydrogens (tertiary/aromatic N) is 4. The molecule has 0 aliphatic carbocycles. The number of fused-ring (bicyclic) bond motifs is 1. The third kappa shape index (κ3) is 9.45. The zero-order chi connectivity index (χ0) is 36.8. The summed E-state index contributed by atoms with van der Waals surface area (Å²) in [6.45, 7) is 1.92. The summed E-state index contributed by atoms with van der Waals surface area (Å²) in [4.78, 5) is 57.5. The first kappa shape index (κ1) is 39.8. The van der Waals surface area contributed by atoms with Gasteiger partial charge in [0.2, 0.25) is 0 Å². The first-order chi connectivity index (χ1) is 24.4. The molecule has 0 spiro atoms. The molecule has 8 N–H and O–H groups in total. The van der Waals surface area contributed by atoms with Crippen LogP contribution in [0.25, 0.3) is 10.9 Å². The Hall–Kier alpha value is -5.00. The van der Waals surface area contributed by atoms with Gasteiger partial charge in [-0.15, -0.1) is 12.4 Å². The average molecular weight is 862 g/mol. The van der Waals surface area contributed by atoms with Crippen LogP contribution in [0.3, 0.4) is 0 Å². The molecule has 0 fully saturated rings. The number of nitrogens with two attached hydrogens (primary N) is 1. The smallest absolute Gasteiger partial charge is 0.272 e. The second kappa shape index (κ2) is 17.5. The molecule has 15 nitrogen and oxygen atoms in total. The van der Waals surface area contributed by atoms with Gasteiger partial charge in [-0.05, 0) is 42.5 Å². The molecular formula is C34H40Br2ClN11O4. The maximum atomic E-state index is 13.3. The van der Waals surface area contributed by atoms with E-state index < -0.39 is 11.8 Å². The summed E-state index contributed by atoms with van der Waals surface area (Å²) in [5, 5.41) is 21.0. The van der Waals surface area contributed by atoms with Gasteiger partial charge in [0.05, 0.1) is 22.9 Å². The Morgan fingerprint density at radius 2 is 1.23 bits per heavy atom. The van der Waals surface area contributed by atoms with E-state index in [1.165, 1.54) is 6.07 Å². The van der Waals surface area contributed by atoms with Gasteiger partial charge in [0.25, 0.3) is 23.6 Å². The Kier molecular flexibility index (Phi) is 13.4. The van der Waals surface area contributed by atoms with E-state index in [4.69, 9.17) is 11.1 Å². The van der Waals surface area contributed by atoms with Crippen LogP contribution in [0.2, 0.25) is 0 Å². The van der Waals surface area contributed by atoms with Crippen molar-refractivity contribution in [3.8, 4) is 0 Å². The molecule has 18 heteroatoms. The second-order valence-corrected chi connectivity index (χ2v) is 13.5. The maximum absolute atomic E-state index is 13.3. The van der Waals surface area contributed by atoms with Gasteiger partial charge in [-0.1, -0.05) is 31.9 Å². The maximum Gasteiger partial charge on any atom is 0.272 e. The topological polar surface area (TPSA) is 200 Å². The fourth-order valence-electron chi connectivity index (χ4n) is 5.58. The van der Waals surface area contributed by atoms with Crippen molar-refractivity contribution < 1.29 is 19.2 Å². The average Bonchev–Trinajstić information content (AvgIpc) is 3.85. The number of rotatable bonds is 15. The number of nitrogens with one attached hydrogen (secondary N) is 6. The van der Waals surface area contributed by atoms with Gasteiger partial charge in [0.1, 0.15) is 22.8 Å². The van der Waals surface area contributed by atoms with Crippen molar-refractivity contribution in [2.75, 3.05) is 51.1 Å². The number of amidine groups is 1. The molecule has 5 aromatic rings. The number of carbonyl (C=O) groups excluding carboxylic acids is 4. The Morgan fingerprint density at radius 1 is 0.750 bits per heavy atom. The molecule has 52 heavy (non-hydrogen) atoms. The quantitative estimate of drug-likeness (QED) is 0.0438. The molecule has 5 rings (SSSR count). The van der Waals surface area contributed by atoms with Gasteiger partial charge in [-0.25, -0.2) is 0 Å². The number of alkyl halides is 2. The standard InChI is InChI=1S/C34H39Br2N11O4.ClH/c1-44-18-22(14-27(44)32(49)39-9-6-30(37)38)41-34(51)29-16-23(19-46(29)3)42-33(50)28-15-21(17-45(28)2)40-31(48)26-13-20-12-24(4-5-25(20)43-26)47(10-7-35)11-8-36;/h4-5,12-19,43H,6-11H2,1-3H3,(H3,37,38)(H,39,49)(H,40,48)(H,41,51)(H,42,50);1H. The van der Waals surface area contributed by atoms with Gasteiger partial charge >= 0.3 is 0 Å². The predicted octanol–water partition coefficient (Wildman–Crippen LogP) is 5.01. The summed E-state index contributed by atoms with van der Waals surface area (Å²) >= 11 is 7.02. The molecule has 0 aliphatic rings. The highest BCUT2D eigenvalue weighted by atomic mass is 79.9. The fourth-order valence-corrected chi connectivity index (χ4v) is 6.44. The summed E-state index contributed by atoms with van der Waals surface area (Å²) < 4.78 is 4.75. The zero-order valence-corrected chi connectivity index (χ0v) is 32.7. The number of hydrogen-bond donors (Lipinski definition) is 7. The summed E-state index contributed by atoms with van der Waals surface area (Å²) in [7, 11) is 5.05. The van der Waals surface area contributed by atoms with Crippen LogP contribution in [-0.2, 0) is 21.1 Å². The molecule has 0 radical (unpaired) electrons. The molecule has 4 amide bonds. The lowest BCUT2D eigenvalue weighted by Crippen LogP contribution is -2.28. The molecule has 0 aliphatic heterocycles. The van der Waals surface area contributed by atoms with E-state index in [2.05, 4.69) is 69.1 Å². The van der Waals surface area contributed by atoms with Crippen molar-refractivity contribution in [3.63, 3.8) is 0 Å². The minimum absolute atomic E-state index is 0. The molecule has 276 valence electrons. The highest BCUT2D eigenvalue weighted by molar-refractivity contribution is 9.09. The van der Waals surface area contributed by atoms with E-state index in [1.54, 1.807) is 71.6 Å². The minimum atomic E-state index is -0.445. The van der Waals surface area contributed by atoms with E-state index in [0.717, 1.165) is 40.3 Å². The summed E-state index contributed by atoms with van der Waals surface area (Å²) in [6.07, 6.45) is 5.09. The molecule has 0 unspecified atom stereocenters. The van der Waals surface area contributed by atoms with Crippen molar-refractivity contribution in [1.82, 2.24) is 24.0 Å². The van der Waals surface area contributed by atoms with E-state index >= 15 is 0 Å². The molecule has 4 aromatic heterocycles. The Bertz CT molecular complexity index is 2110. The summed E-state index contributed by atoms with van der Waals surface area (Å²) in [6, 6.07) is 12.5. The van der Waals surface area contributed by atoms with Gasteiger partial charge in [-0.2, -0.15) is 0 Å². The minimum Gasteiger partial charge on any atom is -0.388 e. The second-order valence-electron chi connectivity index (χ2n) is 11.9. The number of hydrogen-bond acceptors (Lipinski definition) is 6. The first-order valence-electron chi connectivity index (χ1n) is 15.9. The summed E-state index contributed by atoms with van der Waals surface area (Å²) in [5.41, 5.74) is 9.74. The van der Waals surface area contributed by atoms with Gasteiger partial charge in [0, 0.05) is 93.0 Å². The van der Waals surface area contributed by atoms with Crippen LogP contribution in [0.1, 0.15) is 48.4 Å². The molecule has 1 aromatic carbocycles. The van der Waals surface area contributed by atoms with Crippen LogP contribution < -0.4 is 31.9 Å². The normalized spacial score (nSPS) is 10.8. The van der Waals surface area contributed by atoms with Crippen LogP contribution in [0.4, 0.5) is 22.7 Å². The van der Waals surface area contributed by atoms with Gasteiger partial charge < -0.3 is 50.6 Å². The number of aryl methyl sites for hydroxylation is 3. The van der Waals surface area contributed by atoms with Crippen LogP contribution in [0.15, 0.2) is 61.1 Å². The third-order valence-corrected chi connectivity index (χ3v) is 8.80. The van der Waals surface area contributed by atoms with Crippen molar-refractivity contribution in [1.29, 1.82) is 5.41 Å². The van der Waals surface area contributed by atoms with Crippen molar-refractivity contribution in [2.24, 2.45) is 26.9 Å². The largest absolute Gasteiger partial charge is 0.388 e. The van der Waals surface area contributed by atoms with E-state index in [9.17, 15) is 19.2 Å². The third-order valence-electron chi connectivity index (χ3n) is 8.09. The van der Waals surface area contributed by atoms with E-state index in [-0.39, 0.29) is 48.7 Å². The highest BCUT2D eigenvalue weighted by Crippen LogP contribution is 2.25. The van der Waals surface area contributed by atoms with E-state index in [1.807, 2.05) is 12.1 Å².